The fourth-order valence-electron chi connectivity index (χ4n) is 3.10. The number of hydrogen-bond donors (Lipinski definition) is 2. The molecule has 2 N–H and O–H groups in total. The monoisotopic (exact) mass is 335 g/mol. The number of aromatic amines is 1. The Balaban J connectivity index is 1.50. The summed E-state index contributed by atoms with van der Waals surface area (Å²) in [7, 11) is 0. The quantitative estimate of drug-likeness (QED) is 0.720. The van der Waals surface area contributed by atoms with Gasteiger partial charge >= 0.3 is 5.97 Å². The third kappa shape index (κ3) is 2.76. The fraction of sp³-hybridized carbons (Fsp3) is 0.211. The Hall–Kier alpha value is -3.15. The van der Waals surface area contributed by atoms with E-state index in [4.69, 9.17) is 4.74 Å². The van der Waals surface area contributed by atoms with Gasteiger partial charge < -0.3 is 15.0 Å². The first-order chi connectivity index (χ1) is 12.0. The van der Waals surface area contributed by atoms with Crippen molar-refractivity contribution in [2.45, 2.75) is 25.5 Å². The molecular formula is C19H17N3O3. The van der Waals surface area contributed by atoms with Crippen LogP contribution in [0.5, 0.6) is 0 Å². The Bertz CT molecular complexity index is 946. The number of imidazole rings is 1. The Kier molecular flexibility index (Phi) is 3.53. The van der Waals surface area contributed by atoms with Crippen LogP contribution in [0.3, 0.4) is 0 Å². The summed E-state index contributed by atoms with van der Waals surface area (Å²) in [5.41, 5.74) is 1.87. The van der Waals surface area contributed by atoms with Crippen LogP contribution in [0.1, 0.15) is 28.7 Å². The summed E-state index contributed by atoms with van der Waals surface area (Å²) in [6, 6.07) is 14.8. The van der Waals surface area contributed by atoms with E-state index in [1.54, 1.807) is 19.1 Å². The van der Waals surface area contributed by atoms with Crippen molar-refractivity contribution >= 4 is 22.9 Å². The molecule has 1 aromatic heterocycles. The Labute approximate surface area is 144 Å². The molecule has 2 heterocycles. The number of rotatable bonds is 3. The summed E-state index contributed by atoms with van der Waals surface area (Å²) in [5.74, 6) is -0.153. The van der Waals surface area contributed by atoms with E-state index in [2.05, 4.69) is 15.3 Å². The summed E-state index contributed by atoms with van der Waals surface area (Å²) in [4.78, 5) is 32.4. The molecule has 0 aliphatic carbocycles. The van der Waals surface area contributed by atoms with Crippen LogP contribution in [0.15, 0.2) is 48.5 Å². The smallest absolute Gasteiger partial charge is 0.339 e. The van der Waals surface area contributed by atoms with Crippen molar-refractivity contribution in [3.8, 4) is 0 Å². The molecule has 2 aromatic carbocycles. The first-order valence-electron chi connectivity index (χ1n) is 8.08. The van der Waals surface area contributed by atoms with Gasteiger partial charge in [0.25, 0.3) is 5.91 Å². The SMILES string of the molecule is CC1(C(=O)NCc2nc3ccccc3[nH]2)Cc2ccccc2C(=O)O1. The van der Waals surface area contributed by atoms with E-state index in [0.717, 1.165) is 16.6 Å². The maximum atomic E-state index is 12.6. The number of aromatic nitrogens is 2. The van der Waals surface area contributed by atoms with Gasteiger partial charge in [0.1, 0.15) is 5.82 Å². The predicted molar refractivity (Wildman–Crippen MR) is 91.9 cm³/mol. The van der Waals surface area contributed by atoms with Gasteiger partial charge in [-0.05, 0) is 30.7 Å². The lowest BCUT2D eigenvalue weighted by atomic mass is 9.89. The van der Waals surface area contributed by atoms with Crippen LogP contribution in [0.2, 0.25) is 0 Å². The number of carbonyl (C=O) groups excluding carboxylic acids is 2. The molecule has 1 amide bonds. The summed E-state index contributed by atoms with van der Waals surface area (Å²) in [5, 5.41) is 2.81. The molecule has 0 saturated carbocycles. The van der Waals surface area contributed by atoms with Gasteiger partial charge in [0.15, 0.2) is 5.60 Å². The van der Waals surface area contributed by atoms with Crippen LogP contribution in [0.25, 0.3) is 11.0 Å². The molecule has 6 heteroatoms. The van der Waals surface area contributed by atoms with E-state index in [0.29, 0.717) is 17.8 Å². The number of nitrogens with one attached hydrogen (secondary N) is 2. The molecule has 4 rings (SSSR count). The third-order valence-electron chi connectivity index (χ3n) is 4.42. The summed E-state index contributed by atoms with van der Waals surface area (Å²) >= 11 is 0. The number of hydrogen-bond acceptors (Lipinski definition) is 4. The minimum Gasteiger partial charge on any atom is -0.445 e. The second-order valence-electron chi connectivity index (χ2n) is 6.34. The van der Waals surface area contributed by atoms with E-state index >= 15 is 0 Å². The van der Waals surface area contributed by atoms with Crippen LogP contribution in [0.4, 0.5) is 0 Å². The van der Waals surface area contributed by atoms with Gasteiger partial charge in [0.2, 0.25) is 0 Å². The van der Waals surface area contributed by atoms with Gasteiger partial charge in [-0.1, -0.05) is 30.3 Å². The molecule has 0 spiro atoms. The lowest BCUT2D eigenvalue weighted by Crippen LogP contribution is -2.51. The van der Waals surface area contributed by atoms with E-state index < -0.39 is 11.6 Å². The summed E-state index contributed by atoms with van der Waals surface area (Å²) < 4.78 is 5.43. The molecule has 0 bridgehead atoms. The van der Waals surface area contributed by atoms with Crippen molar-refractivity contribution in [1.29, 1.82) is 0 Å². The number of amides is 1. The zero-order valence-electron chi connectivity index (χ0n) is 13.7. The van der Waals surface area contributed by atoms with Crippen molar-refractivity contribution < 1.29 is 14.3 Å². The van der Waals surface area contributed by atoms with Gasteiger partial charge in [-0.15, -0.1) is 0 Å². The molecule has 1 unspecified atom stereocenters. The van der Waals surface area contributed by atoms with E-state index in [9.17, 15) is 9.59 Å². The van der Waals surface area contributed by atoms with Gasteiger partial charge in [0, 0.05) is 6.42 Å². The van der Waals surface area contributed by atoms with Crippen molar-refractivity contribution in [2.24, 2.45) is 0 Å². The van der Waals surface area contributed by atoms with Crippen molar-refractivity contribution in [3.63, 3.8) is 0 Å². The molecule has 0 radical (unpaired) electrons. The molecule has 1 atom stereocenters. The maximum absolute atomic E-state index is 12.6. The predicted octanol–water partition coefficient (Wildman–Crippen LogP) is 2.35. The van der Waals surface area contributed by atoms with Crippen LogP contribution in [0, 0.1) is 0 Å². The van der Waals surface area contributed by atoms with Gasteiger partial charge in [-0.2, -0.15) is 0 Å². The third-order valence-corrected chi connectivity index (χ3v) is 4.42. The number of H-pyrrole nitrogens is 1. The molecule has 25 heavy (non-hydrogen) atoms. The maximum Gasteiger partial charge on any atom is 0.339 e. The largest absolute Gasteiger partial charge is 0.445 e. The highest BCUT2D eigenvalue weighted by atomic mass is 16.6. The van der Waals surface area contributed by atoms with E-state index in [1.165, 1.54) is 0 Å². The number of fused-ring (bicyclic) bond motifs is 2. The Morgan fingerprint density at radius 3 is 2.84 bits per heavy atom. The molecule has 0 fully saturated rings. The van der Waals surface area contributed by atoms with Crippen LogP contribution >= 0.6 is 0 Å². The van der Waals surface area contributed by atoms with Crippen LogP contribution in [-0.4, -0.2) is 27.4 Å². The standard InChI is InChI=1S/C19H17N3O3/c1-19(10-12-6-2-3-7-13(12)17(23)25-19)18(24)20-11-16-21-14-8-4-5-9-15(14)22-16/h2-9H,10-11H2,1H3,(H,20,24)(H,21,22). The lowest BCUT2D eigenvalue weighted by Gasteiger charge is -2.32. The van der Waals surface area contributed by atoms with Crippen LogP contribution in [-0.2, 0) is 22.5 Å². The lowest BCUT2D eigenvalue weighted by molar-refractivity contribution is -0.140. The fourth-order valence-corrected chi connectivity index (χ4v) is 3.10. The highest BCUT2D eigenvalue weighted by Gasteiger charge is 2.42. The number of esters is 1. The number of nitrogens with zero attached hydrogens (tertiary/aromatic N) is 1. The first kappa shape index (κ1) is 15.4. The highest BCUT2D eigenvalue weighted by molar-refractivity contribution is 5.97. The molecule has 126 valence electrons. The normalized spacial score (nSPS) is 19.3. The van der Waals surface area contributed by atoms with Gasteiger partial charge in [-0.25, -0.2) is 9.78 Å². The zero-order valence-corrected chi connectivity index (χ0v) is 13.7. The minimum atomic E-state index is -1.22. The molecule has 3 aromatic rings. The zero-order chi connectivity index (χ0) is 17.4. The molecule has 6 nitrogen and oxygen atoms in total. The van der Waals surface area contributed by atoms with E-state index in [-0.39, 0.29) is 12.5 Å². The Morgan fingerprint density at radius 2 is 2.00 bits per heavy atom. The average Bonchev–Trinajstić information content (AvgIpc) is 3.02. The molecule has 0 saturated heterocycles. The van der Waals surface area contributed by atoms with Gasteiger partial charge in [0.05, 0.1) is 23.1 Å². The highest BCUT2D eigenvalue weighted by Crippen LogP contribution is 2.28. The van der Waals surface area contributed by atoms with Crippen molar-refractivity contribution in [2.75, 3.05) is 0 Å². The molecule has 1 aliphatic heterocycles. The van der Waals surface area contributed by atoms with E-state index in [1.807, 2.05) is 36.4 Å². The topological polar surface area (TPSA) is 84.1 Å². The molecular weight excluding hydrogens is 318 g/mol. The van der Waals surface area contributed by atoms with Crippen LogP contribution < -0.4 is 5.32 Å². The average molecular weight is 335 g/mol. The molecule has 1 aliphatic rings. The number of carbonyl (C=O) groups is 2. The Morgan fingerprint density at radius 1 is 1.24 bits per heavy atom. The van der Waals surface area contributed by atoms with Crippen molar-refractivity contribution in [3.05, 3.63) is 65.5 Å². The number of ether oxygens (including phenoxy) is 1. The minimum absolute atomic E-state index is 0.238. The number of cyclic esters (lactones) is 1. The first-order valence-corrected chi connectivity index (χ1v) is 8.08. The summed E-state index contributed by atoms with van der Waals surface area (Å²) in [6.45, 7) is 1.87. The summed E-state index contributed by atoms with van der Waals surface area (Å²) in [6.07, 6.45) is 0.348. The number of para-hydroxylation sites is 2. The second-order valence-corrected chi connectivity index (χ2v) is 6.34. The number of benzene rings is 2. The van der Waals surface area contributed by atoms with Gasteiger partial charge in [-0.3, -0.25) is 4.79 Å². The van der Waals surface area contributed by atoms with Crippen molar-refractivity contribution in [1.82, 2.24) is 15.3 Å². The second kappa shape index (κ2) is 5.73.